The lowest BCUT2D eigenvalue weighted by atomic mass is 10.1. The van der Waals surface area contributed by atoms with Crippen LogP contribution in [-0.4, -0.2) is 50.7 Å². The van der Waals surface area contributed by atoms with Crippen molar-refractivity contribution in [3.63, 3.8) is 0 Å². The summed E-state index contributed by atoms with van der Waals surface area (Å²) in [5.74, 6) is -0.448. The first kappa shape index (κ1) is 21.7. The van der Waals surface area contributed by atoms with Crippen LogP contribution in [0, 0.1) is 10.1 Å². The predicted molar refractivity (Wildman–Crippen MR) is 113 cm³/mol. The fourth-order valence-corrected chi connectivity index (χ4v) is 4.86. The third-order valence-electron chi connectivity index (χ3n) is 5.00. The third kappa shape index (κ3) is 4.60. The second-order valence-electron chi connectivity index (χ2n) is 7.29. The lowest BCUT2D eigenvalue weighted by molar-refractivity contribution is -0.384. The average molecular weight is 433 g/mol. The van der Waals surface area contributed by atoms with E-state index < -0.39 is 20.9 Å². The molecule has 2 aromatic rings. The highest BCUT2D eigenvalue weighted by Crippen LogP contribution is 2.24. The van der Waals surface area contributed by atoms with Gasteiger partial charge in [0, 0.05) is 51.5 Å². The number of sulfonamides is 1. The number of rotatable bonds is 7. The van der Waals surface area contributed by atoms with E-state index in [9.17, 15) is 23.3 Å². The van der Waals surface area contributed by atoms with Gasteiger partial charge in [-0.25, -0.2) is 8.42 Å². The van der Waals surface area contributed by atoms with Crippen LogP contribution in [0.25, 0.3) is 0 Å². The molecule has 0 spiro atoms. The van der Waals surface area contributed by atoms with Gasteiger partial charge in [0.2, 0.25) is 10.0 Å². The Morgan fingerprint density at radius 3 is 2.33 bits per heavy atom. The van der Waals surface area contributed by atoms with Crippen LogP contribution in [0.1, 0.15) is 28.8 Å². The van der Waals surface area contributed by atoms with Crippen molar-refractivity contribution in [2.24, 2.45) is 0 Å². The molecule has 2 aromatic carbocycles. The van der Waals surface area contributed by atoms with Gasteiger partial charge >= 0.3 is 0 Å². The Morgan fingerprint density at radius 2 is 1.77 bits per heavy atom. The molecule has 1 heterocycles. The summed E-state index contributed by atoms with van der Waals surface area (Å²) in [6, 6.07) is 10.5. The molecule has 0 aromatic heterocycles. The lowest BCUT2D eigenvalue weighted by Crippen LogP contribution is -2.28. The van der Waals surface area contributed by atoms with E-state index in [2.05, 4.69) is 5.32 Å². The number of nitro groups is 1. The van der Waals surface area contributed by atoms with Gasteiger partial charge in [-0.2, -0.15) is 4.31 Å². The Balaban J connectivity index is 1.72. The first-order valence-corrected chi connectivity index (χ1v) is 11.0. The molecule has 9 nitrogen and oxygen atoms in total. The van der Waals surface area contributed by atoms with Crippen LogP contribution in [-0.2, 0) is 16.6 Å². The minimum atomic E-state index is -3.48. The SMILES string of the molecule is CN(C)c1ccc([N+](=O)[O-])cc1C(=O)NCc1ccc(S(=O)(=O)N2CCCC2)cc1. The fourth-order valence-electron chi connectivity index (χ4n) is 3.34. The lowest BCUT2D eigenvalue weighted by Gasteiger charge is -2.17. The maximum absolute atomic E-state index is 12.7. The number of nitrogens with zero attached hydrogens (tertiary/aromatic N) is 3. The van der Waals surface area contributed by atoms with Crippen LogP contribution < -0.4 is 10.2 Å². The van der Waals surface area contributed by atoms with Gasteiger partial charge in [-0.05, 0) is 36.6 Å². The number of carbonyl (C=O) groups excluding carboxylic acids is 1. The van der Waals surface area contributed by atoms with Crippen molar-refractivity contribution in [3.8, 4) is 0 Å². The van der Waals surface area contributed by atoms with Gasteiger partial charge < -0.3 is 10.2 Å². The number of non-ortho nitro benzene ring substituents is 1. The largest absolute Gasteiger partial charge is 0.377 e. The number of hydrogen-bond acceptors (Lipinski definition) is 6. The van der Waals surface area contributed by atoms with Crippen molar-refractivity contribution in [2.75, 3.05) is 32.1 Å². The maximum Gasteiger partial charge on any atom is 0.270 e. The molecule has 10 heteroatoms. The van der Waals surface area contributed by atoms with Gasteiger partial charge in [0.1, 0.15) is 0 Å². The third-order valence-corrected chi connectivity index (χ3v) is 6.91. The normalized spacial score (nSPS) is 14.5. The van der Waals surface area contributed by atoms with E-state index in [0.717, 1.165) is 18.4 Å². The van der Waals surface area contributed by atoms with Crippen LogP contribution in [0.4, 0.5) is 11.4 Å². The summed E-state index contributed by atoms with van der Waals surface area (Å²) < 4.78 is 26.6. The van der Waals surface area contributed by atoms with E-state index in [1.807, 2.05) is 0 Å². The molecule has 0 radical (unpaired) electrons. The Labute approximate surface area is 175 Å². The van der Waals surface area contributed by atoms with Crippen LogP contribution in [0.2, 0.25) is 0 Å². The predicted octanol–water partition coefficient (Wildman–Crippen LogP) is 2.38. The molecule has 0 bridgehead atoms. The monoisotopic (exact) mass is 432 g/mol. The molecule has 0 saturated carbocycles. The Kier molecular flexibility index (Phi) is 6.37. The number of benzene rings is 2. The molecular formula is C20H24N4O5S. The van der Waals surface area contributed by atoms with Crippen molar-refractivity contribution < 1.29 is 18.1 Å². The highest BCUT2D eigenvalue weighted by atomic mass is 32.2. The smallest absolute Gasteiger partial charge is 0.270 e. The summed E-state index contributed by atoms with van der Waals surface area (Å²) in [6.07, 6.45) is 1.74. The molecule has 1 aliphatic rings. The molecule has 1 aliphatic heterocycles. The van der Waals surface area contributed by atoms with Crippen molar-refractivity contribution >= 4 is 27.3 Å². The zero-order valence-electron chi connectivity index (χ0n) is 16.9. The van der Waals surface area contributed by atoms with Crippen LogP contribution in [0.15, 0.2) is 47.4 Å². The molecule has 1 amide bonds. The van der Waals surface area contributed by atoms with E-state index >= 15 is 0 Å². The van der Waals surface area contributed by atoms with Crippen molar-refractivity contribution in [3.05, 3.63) is 63.7 Å². The zero-order chi connectivity index (χ0) is 21.9. The molecular weight excluding hydrogens is 408 g/mol. The number of anilines is 1. The minimum Gasteiger partial charge on any atom is -0.377 e. The minimum absolute atomic E-state index is 0.165. The van der Waals surface area contributed by atoms with E-state index in [-0.39, 0.29) is 22.7 Å². The fraction of sp³-hybridized carbons (Fsp3) is 0.350. The van der Waals surface area contributed by atoms with Gasteiger partial charge in [0.15, 0.2) is 0 Å². The van der Waals surface area contributed by atoms with Crippen molar-refractivity contribution in [2.45, 2.75) is 24.3 Å². The Hall–Kier alpha value is -2.98. The van der Waals surface area contributed by atoms with Crippen molar-refractivity contribution in [1.29, 1.82) is 0 Å². The zero-order valence-corrected chi connectivity index (χ0v) is 17.7. The van der Waals surface area contributed by atoms with Crippen LogP contribution in [0.5, 0.6) is 0 Å². The van der Waals surface area contributed by atoms with Crippen molar-refractivity contribution in [1.82, 2.24) is 9.62 Å². The van der Waals surface area contributed by atoms with E-state index in [1.54, 1.807) is 31.1 Å². The summed E-state index contributed by atoms with van der Waals surface area (Å²) in [7, 11) is 0.0138. The molecule has 0 aliphatic carbocycles. The molecule has 160 valence electrons. The van der Waals surface area contributed by atoms with Crippen LogP contribution >= 0.6 is 0 Å². The highest BCUT2D eigenvalue weighted by molar-refractivity contribution is 7.89. The van der Waals surface area contributed by atoms with Gasteiger partial charge in [-0.15, -0.1) is 0 Å². The number of carbonyl (C=O) groups is 1. The van der Waals surface area contributed by atoms with Crippen LogP contribution in [0.3, 0.4) is 0 Å². The topological polar surface area (TPSA) is 113 Å². The summed E-state index contributed by atoms with van der Waals surface area (Å²) in [5.41, 5.74) is 1.32. The number of nitrogens with one attached hydrogen (secondary N) is 1. The molecule has 1 saturated heterocycles. The first-order valence-electron chi connectivity index (χ1n) is 9.53. The summed E-state index contributed by atoms with van der Waals surface area (Å²) >= 11 is 0. The Morgan fingerprint density at radius 1 is 1.13 bits per heavy atom. The molecule has 0 atom stereocenters. The van der Waals surface area contributed by atoms with E-state index in [4.69, 9.17) is 0 Å². The first-order chi connectivity index (χ1) is 14.2. The molecule has 0 unspecified atom stereocenters. The van der Waals surface area contributed by atoms with Gasteiger partial charge in [-0.3, -0.25) is 14.9 Å². The number of nitro benzene ring substituents is 1. The van der Waals surface area contributed by atoms with E-state index in [1.165, 1.54) is 34.6 Å². The molecule has 30 heavy (non-hydrogen) atoms. The van der Waals surface area contributed by atoms with Gasteiger partial charge in [0.25, 0.3) is 11.6 Å². The molecule has 1 fully saturated rings. The summed E-state index contributed by atoms with van der Waals surface area (Å²) in [5, 5.41) is 13.8. The summed E-state index contributed by atoms with van der Waals surface area (Å²) in [4.78, 5) is 25.1. The van der Waals surface area contributed by atoms with Gasteiger partial charge in [0.05, 0.1) is 15.4 Å². The standard InChI is InChI=1S/C20H24N4O5S/c1-22(2)19-10-7-16(24(26)27)13-18(19)20(25)21-14-15-5-8-17(9-6-15)30(28,29)23-11-3-4-12-23/h5-10,13H,3-4,11-12,14H2,1-2H3,(H,21,25). The summed E-state index contributed by atoms with van der Waals surface area (Å²) in [6.45, 7) is 1.24. The number of amides is 1. The quantitative estimate of drug-likeness (QED) is 0.531. The maximum atomic E-state index is 12.7. The Bertz CT molecular complexity index is 1050. The number of hydrogen-bond donors (Lipinski definition) is 1. The molecule has 1 N–H and O–H groups in total. The second kappa shape index (κ2) is 8.80. The molecule has 3 rings (SSSR count). The highest BCUT2D eigenvalue weighted by Gasteiger charge is 2.27. The van der Waals surface area contributed by atoms with E-state index in [0.29, 0.717) is 18.8 Å². The second-order valence-corrected chi connectivity index (χ2v) is 9.23. The van der Waals surface area contributed by atoms with Gasteiger partial charge in [-0.1, -0.05) is 12.1 Å². The average Bonchev–Trinajstić information content (AvgIpc) is 3.27.